The van der Waals surface area contributed by atoms with Crippen LogP contribution < -0.4 is 22.5 Å². The van der Waals surface area contributed by atoms with Crippen LogP contribution in [0.25, 0.3) is 0 Å². The van der Waals surface area contributed by atoms with Crippen molar-refractivity contribution in [2.45, 2.75) is 49.7 Å². The van der Waals surface area contributed by atoms with Gasteiger partial charge in [-0.25, -0.2) is 9.59 Å². The molecule has 0 saturated carbocycles. The van der Waals surface area contributed by atoms with Crippen LogP contribution in [0.4, 0.5) is 0 Å². The van der Waals surface area contributed by atoms with Gasteiger partial charge >= 0.3 is 11.4 Å². The topological polar surface area (TPSA) is 246 Å². The zero-order valence-corrected chi connectivity index (χ0v) is 18.0. The van der Waals surface area contributed by atoms with E-state index in [9.17, 15) is 39.3 Å². The molecule has 2 saturated heterocycles. The van der Waals surface area contributed by atoms with Crippen LogP contribution in [0.5, 0.6) is 5.75 Å². The van der Waals surface area contributed by atoms with Gasteiger partial charge in [-0.1, -0.05) is 0 Å². The third-order valence-corrected chi connectivity index (χ3v) is 5.46. The Morgan fingerprint density at radius 3 is 1.74 bits per heavy atom. The van der Waals surface area contributed by atoms with Crippen LogP contribution in [0.3, 0.4) is 0 Å². The van der Waals surface area contributed by atoms with Crippen LogP contribution in [0.1, 0.15) is 35.7 Å². The Morgan fingerprint density at radius 1 is 0.857 bits per heavy atom. The summed E-state index contributed by atoms with van der Waals surface area (Å²) in [5, 5.41) is 46.1. The van der Waals surface area contributed by atoms with Crippen LogP contribution >= 0.6 is 0 Å². The van der Waals surface area contributed by atoms with Gasteiger partial charge in [-0.2, -0.15) is 0 Å². The van der Waals surface area contributed by atoms with E-state index in [-0.39, 0.29) is 31.6 Å². The summed E-state index contributed by atoms with van der Waals surface area (Å²) < 4.78 is 12.5. The van der Waals surface area contributed by atoms with Gasteiger partial charge in [-0.05, 0) is 0 Å². The van der Waals surface area contributed by atoms with E-state index in [1.54, 1.807) is 0 Å². The number of aromatic nitrogens is 4. The Morgan fingerprint density at radius 2 is 1.31 bits per heavy atom. The minimum atomic E-state index is -0.904. The highest BCUT2D eigenvalue weighted by molar-refractivity contribution is 5.73. The number of nitrogens with one attached hydrogen (secondary N) is 2. The van der Waals surface area contributed by atoms with Crippen molar-refractivity contribution >= 4 is 6.29 Å². The van der Waals surface area contributed by atoms with Crippen molar-refractivity contribution < 1.29 is 39.8 Å². The molecule has 2 aromatic heterocycles. The number of aliphatic hydroxyl groups excluding tert-OH is 4. The average molecular weight is 500 g/mol. The summed E-state index contributed by atoms with van der Waals surface area (Å²) in [7, 11) is 0. The number of H-pyrrole nitrogens is 2. The van der Waals surface area contributed by atoms with Gasteiger partial charge in [0.05, 0.1) is 37.2 Å². The molecule has 7 N–H and O–H groups in total. The lowest BCUT2D eigenvalue weighted by atomic mass is 10.2. The molecule has 0 unspecified atom stereocenters. The Hall–Kier alpha value is -3.41. The molecule has 2 aromatic rings. The minimum Gasteiger partial charge on any atom is -0.502 e. The Labute approximate surface area is 194 Å². The molecule has 16 heteroatoms. The van der Waals surface area contributed by atoms with E-state index < -0.39 is 65.1 Å². The van der Waals surface area contributed by atoms with Crippen molar-refractivity contribution in [3.8, 4) is 5.75 Å². The van der Waals surface area contributed by atoms with Crippen molar-refractivity contribution in [3.05, 3.63) is 59.6 Å². The maximum atomic E-state index is 11.6. The van der Waals surface area contributed by atoms with E-state index in [0.29, 0.717) is 6.29 Å². The molecule has 192 valence electrons. The molecular weight excluding hydrogens is 476 g/mol. The Bertz CT molecular complexity index is 1280. The molecule has 16 nitrogen and oxygen atoms in total. The number of rotatable bonds is 5. The number of aromatic hydroxyl groups is 1. The third kappa shape index (κ3) is 5.64. The summed E-state index contributed by atoms with van der Waals surface area (Å²) in [5.74, 6) is -0.616. The number of ether oxygens (including phenoxy) is 2. The van der Waals surface area contributed by atoms with E-state index in [2.05, 4.69) is 0 Å². The predicted octanol–water partition coefficient (Wildman–Crippen LogP) is -4.13. The van der Waals surface area contributed by atoms with Gasteiger partial charge in [0.15, 0.2) is 12.0 Å². The van der Waals surface area contributed by atoms with Crippen molar-refractivity contribution in [1.82, 2.24) is 19.1 Å². The highest BCUT2D eigenvalue weighted by Crippen LogP contribution is 2.28. The van der Waals surface area contributed by atoms with Crippen molar-refractivity contribution in [2.24, 2.45) is 0 Å². The number of carbonyl (C=O) groups excluding carboxylic acids is 1. The molecule has 0 radical (unpaired) electrons. The fraction of sp³-hybridized carbons (Fsp3) is 0.526. The van der Waals surface area contributed by atoms with Crippen LogP contribution in [-0.2, 0) is 9.47 Å². The lowest BCUT2D eigenvalue weighted by molar-refractivity contribution is -0.0460. The molecule has 0 spiro atoms. The quantitative estimate of drug-likeness (QED) is 0.193. The monoisotopic (exact) mass is 500 g/mol. The molecule has 0 aromatic carbocycles. The maximum Gasteiger partial charge on any atom is 0.330 e. The lowest BCUT2D eigenvalue weighted by Gasteiger charge is -2.14. The molecule has 0 bridgehead atoms. The van der Waals surface area contributed by atoms with Crippen LogP contribution in [-0.4, -0.2) is 88.6 Å². The molecule has 4 heterocycles. The highest BCUT2D eigenvalue weighted by atomic mass is 16.5. The van der Waals surface area contributed by atoms with Crippen LogP contribution in [0.15, 0.2) is 31.6 Å². The first kappa shape index (κ1) is 26.2. The number of hydrogen-bond acceptors (Lipinski definition) is 12. The summed E-state index contributed by atoms with van der Waals surface area (Å²) in [5.41, 5.74) is -3.35. The lowest BCUT2D eigenvalue weighted by Crippen LogP contribution is -2.34. The summed E-state index contributed by atoms with van der Waals surface area (Å²) in [6.45, 7) is -0.752. The average Bonchev–Trinajstić information content (AvgIpc) is 3.38. The zero-order chi connectivity index (χ0) is 25.9. The Kier molecular flexibility index (Phi) is 8.15. The van der Waals surface area contributed by atoms with Gasteiger partial charge in [0, 0.05) is 19.0 Å². The number of aliphatic hydroxyl groups is 4. The fourth-order valence-electron chi connectivity index (χ4n) is 3.59. The maximum absolute atomic E-state index is 11.6. The summed E-state index contributed by atoms with van der Waals surface area (Å²) >= 11 is 0. The molecule has 4 rings (SSSR count). The smallest absolute Gasteiger partial charge is 0.330 e. The number of hydrogen-bond donors (Lipinski definition) is 7. The SMILES string of the molecule is O=Cc1cn([C@H]2C[C@H](O)[C@@H](CO)O2)c(=O)[nH]c1=O.O=c1[nH]c(=O)n([C@H]2C[C@H](O)[C@@H](CO)O2)cc1O. The summed E-state index contributed by atoms with van der Waals surface area (Å²) in [6, 6.07) is 0. The normalized spacial score (nSPS) is 27.9. The molecule has 6 atom stereocenters. The second-order valence-electron chi connectivity index (χ2n) is 7.78. The van der Waals surface area contributed by atoms with Crippen LogP contribution in [0.2, 0.25) is 0 Å². The standard InChI is InChI=1S/C10H12N2O6.C9H12N2O6/c13-3-5-2-12(10(17)11-9(5)16)8-1-6(15)7(4-14)18-8;12-3-6-4(13)1-7(17-6)11-2-5(14)8(15)10-9(11)16/h2-3,6-8,14-15H,1,4H2,(H,11,16,17);2,4,6-7,12-14H,1,3H2,(H,10,15,16)/t6-,7+,8+;4-,6+,7+/m00/s1. The second kappa shape index (κ2) is 10.9. The number of nitrogens with zero attached hydrogens (tertiary/aromatic N) is 2. The van der Waals surface area contributed by atoms with Gasteiger partial charge in [0.1, 0.15) is 24.7 Å². The first-order valence-corrected chi connectivity index (χ1v) is 10.3. The van der Waals surface area contributed by atoms with Gasteiger partial charge in [0.2, 0.25) is 0 Å². The molecule has 35 heavy (non-hydrogen) atoms. The van der Waals surface area contributed by atoms with Gasteiger partial charge in [-0.15, -0.1) is 0 Å². The zero-order valence-electron chi connectivity index (χ0n) is 18.0. The second-order valence-corrected chi connectivity index (χ2v) is 7.78. The first-order chi connectivity index (χ1) is 16.6. The largest absolute Gasteiger partial charge is 0.502 e. The molecule has 0 aliphatic carbocycles. The van der Waals surface area contributed by atoms with Crippen molar-refractivity contribution in [1.29, 1.82) is 0 Å². The van der Waals surface area contributed by atoms with Gasteiger partial charge in [0.25, 0.3) is 11.1 Å². The van der Waals surface area contributed by atoms with E-state index >= 15 is 0 Å². The number of aldehydes is 1. The molecule has 2 aliphatic rings. The van der Waals surface area contributed by atoms with Crippen molar-refractivity contribution in [3.63, 3.8) is 0 Å². The van der Waals surface area contributed by atoms with Gasteiger partial charge in [-0.3, -0.25) is 33.5 Å². The van der Waals surface area contributed by atoms with E-state index in [0.717, 1.165) is 21.5 Å². The number of carbonyl (C=O) groups is 1. The molecule has 2 aliphatic heterocycles. The summed E-state index contributed by atoms with van der Waals surface area (Å²) in [4.78, 5) is 59.7. The predicted molar refractivity (Wildman–Crippen MR) is 113 cm³/mol. The van der Waals surface area contributed by atoms with Crippen molar-refractivity contribution in [2.75, 3.05) is 13.2 Å². The fourth-order valence-corrected chi connectivity index (χ4v) is 3.59. The minimum absolute atomic E-state index is 0.0927. The van der Waals surface area contributed by atoms with E-state index in [1.807, 2.05) is 9.97 Å². The molecule has 2 fully saturated rings. The third-order valence-electron chi connectivity index (χ3n) is 5.46. The first-order valence-electron chi connectivity index (χ1n) is 10.3. The Balaban J connectivity index is 0.000000196. The van der Waals surface area contributed by atoms with Gasteiger partial charge < -0.3 is 35.0 Å². The highest BCUT2D eigenvalue weighted by Gasteiger charge is 2.36. The van der Waals surface area contributed by atoms with E-state index in [4.69, 9.17) is 19.7 Å². The van der Waals surface area contributed by atoms with Crippen LogP contribution in [0, 0.1) is 0 Å². The van der Waals surface area contributed by atoms with E-state index in [1.165, 1.54) is 0 Å². The molecule has 0 amide bonds. The number of aromatic amines is 2. The molecular formula is C19H24N4O12. The summed E-state index contributed by atoms with van der Waals surface area (Å²) in [6.07, 6.45) is -2.48.